The van der Waals surface area contributed by atoms with Gasteiger partial charge in [-0.15, -0.1) is 0 Å². The molecule has 0 amide bonds. The maximum atomic E-state index is 2.54. The molecule has 0 fully saturated rings. The van der Waals surface area contributed by atoms with Crippen molar-refractivity contribution in [3.8, 4) is 33.4 Å². The van der Waals surface area contributed by atoms with E-state index in [1.165, 1.54) is 88.0 Å². The highest BCUT2D eigenvalue weighted by atomic mass is 15.1. The smallest absolute Gasteiger partial charge is 0.0714 e. The van der Waals surface area contributed by atoms with E-state index in [1.807, 2.05) is 0 Å². The van der Waals surface area contributed by atoms with Crippen LogP contribution in [-0.2, 0) is 5.41 Å². The second-order valence-corrected chi connectivity index (χ2v) is 16.4. The fourth-order valence-electron chi connectivity index (χ4n) is 10.4. The number of rotatable bonds is 7. The van der Waals surface area contributed by atoms with Crippen LogP contribution in [0.4, 0.5) is 17.1 Å². The van der Waals surface area contributed by atoms with E-state index in [1.54, 1.807) is 0 Å². The first-order valence-corrected chi connectivity index (χ1v) is 21.5. The maximum Gasteiger partial charge on any atom is 0.0714 e. The van der Waals surface area contributed by atoms with Gasteiger partial charge in [0.05, 0.1) is 11.1 Å². The lowest BCUT2D eigenvalue weighted by atomic mass is 9.67. The lowest BCUT2D eigenvalue weighted by Crippen LogP contribution is -2.28. The SMILES string of the molecule is c1ccc(-c2ccc(N(c3ccc4c(c3)C(c3ccccc3)(c3ccccc3)c3ccccc3-4)c3c(-c4ccc5ccccc5c4)c4ccccc4c4ccccc34)cc2)cc1. The van der Waals surface area contributed by atoms with Gasteiger partial charge in [0.2, 0.25) is 0 Å². The Balaban J connectivity index is 1.20. The number of benzene rings is 11. The number of anilines is 3. The molecule has 0 saturated carbocycles. The van der Waals surface area contributed by atoms with Crippen LogP contribution in [0.2, 0.25) is 0 Å². The predicted molar refractivity (Wildman–Crippen MR) is 262 cm³/mol. The molecule has 12 rings (SSSR count). The van der Waals surface area contributed by atoms with Crippen molar-refractivity contribution in [1.29, 1.82) is 0 Å². The van der Waals surface area contributed by atoms with Crippen molar-refractivity contribution >= 4 is 49.4 Å². The minimum atomic E-state index is -0.542. The quantitative estimate of drug-likeness (QED) is 0.145. The zero-order chi connectivity index (χ0) is 41.0. The Labute approximate surface area is 362 Å². The highest BCUT2D eigenvalue weighted by Crippen LogP contribution is 2.58. The van der Waals surface area contributed by atoms with E-state index in [9.17, 15) is 0 Å². The Morgan fingerprint density at radius 3 is 1.50 bits per heavy atom. The lowest BCUT2D eigenvalue weighted by molar-refractivity contribution is 0.768. The molecule has 62 heavy (non-hydrogen) atoms. The van der Waals surface area contributed by atoms with Crippen molar-refractivity contribution in [2.24, 2.45) is 0 Å². The van der Waals surface area contributed by atoms with Crippen molar-refractivity contribution in [3.63, 3.8) is 0 Å². The Morgan fingerprint density at radius 1 is 0.290 bits per heavy atom. The molecule has 0 N–H and O–H groups in total. The molecule has 0 bridgehead atoms. The van der Waals surface area contributed by atoms with Crippen LogP contribution >= 0.6 is 0 Å². The second-order valence-electron chi connectivity index (χ2n) is 16.4. The summed E-state index contributed by atoms with van der Waals surface area (Å²) in [5, 5.41) is 7.34. The molecule has 11 aromatic rings. The third kappa shape index (κ3) is 5.56. The first kappa shape index (κ1) is 35.9. The Morgan fingerprint density at radius 2 is 0.790 bits per heavy atom. The van der Waals surface area contributed by atoms with Crippen LogP contribution in [0.3, 0.4) is 0 Å². The standard InChI is InChI=1S/C61H41N/c1-4-18-42(19-5-1)44-34-36-49(37-35-44)62(60-56-30-15-13-27-52(56)51-26-12-14-29-55(51)59(60)46-33-32-43-20-10-11-21-45(43)40-46)50-38-39-54-53-28-16-17-31-57(53)61(58(54)41-50,47-22-6-2-7-23-47)48-24-8-3-9-25-48/h1-41H. The predicted octanol–water partition coefficient (Wildman–Crippen LogP) is 16.3. The summed E-state index contributed by atoms with van der Waals surface area (Å²) in [6, 6.07) is 91.9. The molecule has 0 aliphatic heterocycles. The summed E-state index contributed by atoms with van der Waals surface area (Å²) >= 11 is 0. The summed E-state index contributed by atoms with van der Waals surface area (Å²) in [6.45, 7) is 0. The molecule has 0 atom stereocenters. The number of hydrogen-bond acceptors (Lipinski definition) is 1. The maximum absolute atomic E-state index is 2.54. The van der Waals surface area contributed by atoms with Crippen molar-refractivity contribution in [2.45, 2.75) is 5.41 Å². The molecule has 290 valence electrons. The summed E-state index contributed by atoms with van der Waals surface area (Å²) in [6.07, 6.45) is 0. The van der Waals surface area contributed by atoms with Gasteiger partial charge in [-0.3, -0.25) is 0 Å². The molecule has 11 aromatic carbocycles. The van der Waals surface area contributed by atoms with Crippen LogP contribution in [0.1, 0.15) is 22.3 Å². The fourth-order valence-corrected chi connectivity index (χ4v) is 10.4. The van der Waals surface area contributed by atoms with Crippen molar-refractivity contribution < 1.29 is 0 Å². The normalized spacial score (nSPS) is 12.6. The van der Waals surface area contributed by atoms with E-state index in [-0.39, 0.29) is 0 Å². The number of fused-ring (bicyclic) bond motifs is 7. The molecule has 1 aliphatic carbocycles. The third-order valence-corrected chi connectivity index (χ3v) is 13.1. The van der Waals surface area contributed by atoms with E-state index in [2.05, 4.69) is 254 Å². The molecular formula is C61H41N. The average Bonchev–Trinajstić information content (AvgIpc) is 3.65. The van der Waals surface area contributed by atoms with E-state index < -0.39 is 5.41 Å². The van der Waals surface area contributed by atoms with Gasteiger partial charge in [0.25, 0.3) is 0 Å². The van der Waals surface area contributed by atoms with Gasteiger partial charge in [0, 0.05) is 22.3 Å². The molecule has 0 unspecified atom stereocenters. The van der Waals surface area contributed by atoms with Crippen LogP contribution in [-0.4, -0.2) is 0 Å². The van der Waals surface area contributed by atoms with Crippen LogP contribution < -0.4 is 4.90 Å². The van der Waals surface area contributed by atoms with Gasteiger partial charge in [-0.25, -0.2) is 0 Å². The molecule has 1 aliphatic rings. The highest BCUT2D eigenvalue weighted by Gasteiger charge is 2.46. The summed E-state index contributed by atoms with van der Waals surface area (Å²) in [5.74, 6) is 0. The molecule has 1 heteroatoms. The zero-order valence-corrected chi connectivity index (χ0v) is 34.1. The topological polar surface area (TPSA) is 3.24 Å². The van der Waals surface area contributed by atoms with Gasteiger partial charge >= 0.3 is 0 Å². The van der Waals surface area contributed by atoms with E-state index in [0.717, 1.165) is 17.1 Å². The molecule has 0 heterocycles. The highest BCUT2D eigenvalue weighted by molar-refractivity contribution is 6.23. The first-order chi connectivity index (χ1) is 30.8. The van der Waals surface area contributed by atoms with Gasteiger partial charge in [0.1, 0.15) is 0 Å². The summed E-state index contributed by atoms with van der Waals surface area (Å²) in [4.78, 5) is 2.54. The average molecular weight is 788 g/mol. The fraction of sp³-hybridized carbons (Fsp3) is 0.0164. The van der Waals surface area contributed by atoms with Crippen LogP contribution in [0.5, 0.6) is 0 Å². The minimum Gasteiger partial charge on any atom is -0.309 e. The molecular weight excluding hydrogens is 747 g/mol. The van der Waals surface area contributed by atoms with Gasteiger partial charge in [0.15, 0.2) is 0 Å². The summed E-state index contributed by atoms with van der Waals surface area (Å²) < 4.78 is 0. The van der Waals surface area contributed by atoms with Gasteiger partial charge < -0.3 is 4.90 Å². The van der Waals surface area contributed by atoms with E-state index in [4.69, 9.17) is 0 Å². The summed E-state index contributed by atoms with van der Waals surface area (Å²) in [7, 11) is 0. The Bertz CT molecular complexity index is 3400. The zero-order valence-electron chi connectivity index (χ0n) is 34.1. The molecule has 0 saturated heterocycles. The molecule has 1 nitrogen and oxygen atoms in total. The Kier molecular flexibility index (Phi) is 8.47. The van der Waals surface area contributed by atoms with Crippen LogP contribution in [0.15, 0.2) is 249 Å². The van der Waals surface area contributed by atoms with Crippen molar-refractivity contribution in [2.75, 3.05) is 4.90 Å². The largest absolute Gasteiger partial charge is 0.309 e. The lowest BCUT2D eigenvalue weighted by Gasteiger charge is -2.35. The van der Waals surface area contributed by atoms with Crippen LogP contribution in [0, 0.1) is 0 Å². The number of nitrogens with zero attached hydrogens (tertiary/aromatic N) is 1. The van der Waals surface area contributed by atoms with Crippen molar-refractivity contribution in [1.82, 2.24) is 0 Å². The summed E-state index contributed by atoms with van der Waals surface area (Å²) in [5.41, 5.74) is 15.2. The molecule has 0 spiro atoms. The third-order valence-electron chi connectivity index (χ3n) is 13.1. The van der Waals surface area contributed by atoms with Gasteiger partial charge in [-0.1, -0.05) is 218 Å². The molecule has 0 radical (unpaired) electrons. The monoisotopic (exact) mass is 787 g/mol. The second kappa shape index (κ2) is 14.6. The van der Waals surface area contributed by atoms with Gasteiger partial charge in [-0.2, -0.15) is 0 Å². The van der Waals surface area contributed by atoms with Crippen LogP contribution in [0.25, 0.3) is 65.7 Å². The Hall–Kier alpha value is -8.00. The number of hydrogen-bond donors (Lipinski definition) is 0. The van der Waals surface area contributed by atoms with Crippen molar-refractivity contribution in [3.05, 3.63) is 271 Å². The van der Waals surface area contributed by atoms with E-state index >= 15 is 0 Å². The first-order valence-electron chi connectivity index (χ1n) is 21.5. The molecule has 0 aromatic heterocycles. The minimum absolute atomic E-state index is 0.542. The van der Waals surface area contributed by atoms with E-state index in [0.29, 0.717) is 0 Å². The van der Waals surface area contributed by atoms with Gasteiger partial charge in [-0.05, 0) is 107 Å².